The Kier molecular flexibility index (Phi) is 4.77. The molecule has 0 saturated heterocycles. The molecule has 2 aromatic rings. The van der Waals surface area contributed by atoms with E-state index in [4.69, 9.17) is 17.3 Å². The summed E-state index contributed by atoms with van der Waals surface area (Å²) >= 11 is 5.64. The van der Waals surface area contributed by atoms with E-state index in [1.54, 1.807) is 12.1 Å². The fourth-order valence-corrected chi connectivity index (χ4v) is 1.95. The minimum atomic E-state index is -0.829. The molecule has 4 nitrogen and oxygen atoms in total. The number of aromatic hydroxyl groups is 1. The molecule has 1 atom stereocenters. The predicted molar refractivity (Wildman–Crippen MR) is 79.8 cm³/mol. The van der Waals surface area contributed by atoms with Crippen LogP contribution in [0.15, 0.2) is 42.5 Å². The van der Waals surface area contributed by atoms with E-state index >= 15 is 0 Å². The molecule has 6 heteroatoms. The number of nitrogens with two attached hydrogens (primary N) is 1. The summed E-state index contributed by atoms with van der Waals surface area (Å²) in [5.41, 5.74) is 6.62. The number of benzene rings is 2. The number of phenols is 1. The third-order valence-electron chi connectivity index (χ3n) is 2.92. The van der Waals surface area contributed by atoms with Gasteiger partial charge in [0.15, 0.2) is 0 Å². The summed E-state index contributed by atoms with van der Waals surface area (Å²) in [4.78, 5) is 11.9. The van der Waals surface area contributed by atoms with Crippen molar-refractivity contribution in [3.05, 3.63) is 58.9 Å². The number of phenolic OH excluding ortho intramolecular Hbond substituents is 1. The van der Waals surface area contributed by atoms with Crippen molar-refractivity contribution >= 4 is 23.2 Å². The maximum absolute atomic E-state index is 13.6. The van der Waals surface area contributed by atoms with Crippen molar-refractivity contribution in [1.82, 2.24) is 0 Å². The fourth-order valence-electron chi connectivity index (χ4n) is 1.79. The zero-order chi connectivity index (χ0) is 15.4. The predicted octanol–water partition coefficient (Wildman–Crippen LogP) is 2.69. The van der Waals surface area contributed by atoms with Gasteiger partial charge in [0.1, 0.15) is 11.6 Å². The molecule has 0 heterocycles. The Hall–Kier alpha value is -2.11. The molecule has 0 radical (unpaired) electrons. The summed E-state index contributed by atoms with van der Waals surface area (Å²) in [6.07, 6.45) is 0.279. The van der Waals surface area contributed by atoms with Gasteiger partial charge in [-0.05, 0) is 42.3 Å². The van der Waals surface area contributed by atoms with Crippen LogP contribution in [0.2, 0.25) is 5.02 Å². The normalized spacial score (nSPS) is 12.0. The second kappa shape index (κ2) is 6.56. The van der Waals surface area contributed by atoms with Crippen molar-refractivity contribution in [3.8, 4) is 5.75 Å². The van der Waals surface area contributed by atoms with Gasteiger partial charge in [-0.3, -0.25) is 4.79 Å². The molecular formula is C15H14ClFN2O2. The smallest absolute Gasteiger partial charge is 0.241 e. The third kappa shape index (κ3) is 4.18. The van der Waals surface area contributed by atoms with Gasteiger partial charge in [0.2, 0.25) is 5.91 Å². The Morgan fingerprint density at radius 3 is 2.57 bits per heavy atom. The number of hydrogen-bond acceptors (Lipinski definition) is 3. The van der Waals surface area contributed by atoms with Crippen LogP contribution in [0, 0.1) is 5.82 Å². The zero-order valence-corrected chi connectivity index (χ0v) is 11.8. The van der Waals surface area contributed by atoms with E-state index in [0.717, 1.165) is 11.6 Å². The average molecular weight is 309 g/mol. The van der Waals surface area contributed by atoms with Gasteiger partial charge in [-0.1, -0.05) is 23.7 Å². The molecule has 0 aliphatic rings. The van der Waals surface area contributed by atoms with Crippen molar-refractivity contribution < 1.29 is 14.3 Å². The van der Waals surface area contributed by atoms with Crippen molar-refractivity contribution in [2.24, 2.45) is 5.73 Å². The summed E-state index contributed by atoms with van der Waals surface area (Å²) < 4.78 is 13.6. The number of hydrogen-bond donors (Lipinski definition) is 3. The van der Waals surface area contributed by atoms with Crippen molar-refractivity contribution in [2.45, 2.75) is 12.5 Å². The maximum Gasteiger partial charge on any atom is 0.241 e. The van der Waals surface area contributed by atoms with E-state index < -0.39 is 17.8 Å². The molecule has 2 rings (SSSR count). The lowest BCUT2D eigenvalue weighted by atomic mass is 10.1. The summed E-state index contributed by atoms with van der Waals surface area (Å²) in [6.45, 7) is 0. The van der Waals surface area contributed by atoms with Gasteiger partial charge in [-0.25, -0.2) is 4.39 Å². The molecule has 0 saturated carbocycles. The lowest BCUT2D eigenvalue weighted by Gasteiger charge is -2.13. The summed E-state index contributed by atoms with van der Waals surface area (Å²) in [5, 5.41) is 11.9. The van der Waals surface area contributed by atoms with E-state index in [2.05, 4.69) is 5.32 Å². The Balaban J connectivity index is 2.00. The SMILES string of the molecule is N[C@H](Cc1ccc(O)cc1)C(=O)Nc1ccc(Cl)cc1F. The highest BCUT2D eigenvalue weighted by Gasteiger charge is 2.16. The highest BCUT2D eigenvalue weighted by molar-refractivity contribution is 6.30. The van der Waals surface area contributed by atoms with Gasteiger partial charge in [-0.15, -0.1) is 0 Å². The first-order chi connectivity index (χ1) is 9.95. The van der Waals surface area contributed by atoms with Crippen molar-refractivity contribution in [2.75, 3.05) is 5.32 Å². The lowest BCUT2D eigenvalue weighted by Crippen LogP contribution is -2.37. The Labute approximate surface area is 126 Å². The van der Waals surface area contributed by atoms with Crippen LogP contribution in [-0.2, 0) is 11.2 Å². The number of amides is 1. The highest BCUT2D eigenvalue weighted by atomic mass is 35.5. The molecule has 0 aromatic heterocycles. The fraction of sp³-hybridized carbons (Fsp3) is 0.133. The van der Waals surface area contributed by atoms with Gasteiger partial charge >= 0.3 is 0 Å². The van der Waals surface area contributed by atoms with E-state index in [9.17, 15) is 14.3 Å². The Bertz CT molecular complexity index is 647. The summed E-state index contributed by atoms with van der Waals surface area (Å²) in [7, 11) is 0. The molecule has 2 aromatic carbocycles. The monoisotopic (exact) mass is 308 g/mol. The molecule has 0 aliphatic heterocycles. The molecule has 1 amide bonds. The first kappa shape index (κ1) is 15.3. The number of halogens is 2. The van der Waals surface area contributed by atoms with Crippen LogP contribution in [0.1, 0.15) is 5.56 Å². The van der Waals surface area contributed by atoms with Crippen LogP contribution >= 0.6 is 11.6 Å². The molecule has 0 unspecified atom stereocenters. The van der Waals surface area contributed by atoms with Crippen LogP contribution in [-0.4, -0.2) is 17.1 Å². The second-order valence-electron chi connectivity index (χ2n) is 4.59. The minimum Gasteiger partial charge on any atom is -0.508 e. The Morgan fingerprint density at radius 1 is 1.29 bits per heavy atom. The first-order valence-electron chi connectivity index (χ1n) is 6.25. The van der Waals surface area contributed by atoms with Crippen LogP contribution in [0.4, 0.5) is 10.1 Å². The Morgan fingerprint density at radius 2 is 1.95 bits per heavy atom. The molecule has 110 valence electrons. The first-order valence-corrected chi connectivity index (χ1v) is 6.63. The standard InChI is InChI=1S/C15H14ClFN2O2/c16-10-3-6-14(12(17)8-10)19-15(21)13(18)7-9-1-4-11(20)5-2-9/h1-6,8,13,20H,7,18H2,(H,19,21)/t13-/m1/s1. The number of carbonyl (C=O) groups is 1. The molecular weight excluding hydrogens is 295 g/mol. The lowest BCUT2D eigenvalue weighted by molar-refractivity contribution is -0.117. The number of nitrogens with one attached hydrogen (secondary N) is 1. The van der Waals surface area contributed by atoms with E-state index in [1.165, 1.54) is 24.3 Å². The van der Waals surface area contributed by atoms with Gasteiger partial charge < -0.3 is 16.2 Å². The number of anilines is 1. The number of carbonyl (C=O) groups excluding carboxylic acids is 1. The van der Waals surface area contributed by atoms with Gasteiger partial charge in [-0.2, -0.15) is 0 Å². The van der Waals surface area contributed by atoms with E-state index in [0.29, 0.717) is 0 Å². The molecule has 0 aliphatic carbocycles. The number of rotatable bonds is 4. The molecule has 21 heavy (non-hydrogen) atoms. The highest BCUT2D eigenvalue weighted by Crippen LogP contribution is 2.19. The largest absolute Gasteiger partial charge is 0.508 e. The molecule has 0 bridgehead atoms. The van der Waals surface area contributed by atoms with Gasteiger partial charge in [0.05, 0.1) is 11.7 Å². The van der Waals surface area contributed by atoms with Crippen LogP contribution < -0.4 is 11.1 Å². The van der Waals surface area contributed by atoms with Gasteiger partial charge in [0.25, 0.3) is 0 Å². The minimum absolute atomic E-state index is 0.0329. The quantitative estimate of drug-likeness (QED) is 0.813. The summed E-state index contributed by atoms with van der Waals surface area (Å²) in [5.74, 6) is -0.975. The maximum atomic E-state index is 13.6. The topological polar surface area (TPSA) is 75.3 Å². The molecule has 0 fully saturated rings. The van der Waals surface area contributed by atoms with E-state index in [-0.39, 0.29) is 22.9 Å². The molecule has 0 spiro atoms. The van der Waals surface area contributed by atoms with Crippen LogP contribution in [0.5, 0.6) is 5.75 Å². The summed E-state index contributed by atoms with van der Waals surface area (Å²) in [6, 6.07) is 9.51. The second-order valence-corrected chi connectivity index (χ2v) is 5.03. The average Bonchev–Trinajstić information content (AvgIpc) is 2.44. The zero-order valence-electron chi connectivity index (χ0n) is 11.0. The van der Waals surface area contributed by atoms with Crippen molar-refractivity contribution in [3.63, 3.8) is 0 Å². The third-order valence-corrected chi connectivity index (χ3v) is 3.15. The van der Waals surface area contributed by atoms with E-state index in [1.807, 2.05) is 0 Å². The van der Waals surface area contributed by atoms with Gasteiger partial charge in [0, 0.05) is 5.02 Å². The van der Waals surface area contributed by atoms with Crippen LogP contribution in [0.25, 0.3) is 0 Å². The molecule has 4 N–H and O–H groups in total. The van der Waals surface area contributed by atoms with Crippen LogP contribution in [0.3, 0.4) is 0 Å². The van der Waals surface area contributed by atoms with Crippen molar-refractivity contribution in [1.29, 1.82) is 0 Å².